The zero-order valence-electron chi connectivity index (χ0n) is 13.3. The lowest BCUT2D eigenvalue weighted by atomic mass is 10.1. The van der Waals surface area contributed by atoms with Gasteiger partial charge in [-0.05, 0) is 31.5 Å². The largest absolute Gasteiger partial charge is 0.348 e. The molecule has 2 aromatic rings. The molecule has 1 aliphatic rings. The quantitative estimate of drug-likeness (QED) is 0.908. The first-order chi connectivity index (χ1) is 11.1. The van der Waals surface area contributed by atoms with E-state index in [9.17, 15) is 4.79 Å². The van der Waals surface area contributed by atoms with Crippen molar-refractivity contribution in [3.8, 4) is 5.69 Å². The predicted molar refractivity (Wildman–Crippen MR) is 87.2 cm³/mol. The van der Waals surface area contributed by atoms with Gasteiger partial charge in [0.25, 0.3) is 0 Å². The van der Waals surface area contributed by atoms with Crippen molar-refractivity contribution >= 4 is 11.6 Å². The smallest absolute Gasteiger partial charge is 0.241 e. The molecule has 2 heterocycles. The standard InChI is InChI=1S/C16H20N6O/c1-12-7-8-21(20-12)9-16(23)19-13(2)14-3-5-15(6-4-14)22-11-17-10-18-22/h3-6,10-11,13H,7-9H2,1-2H3,(H,19,23)/t13-/m1/s1. The second-order valence-electron chi connectivity index (χ2n) is 5.69. The third kappa shape index (κ3) is 3.74. The van der Waals surface area contributed by atoms with Crippen LogP contribution in [0.25, 0.3) is 5.69 Å². The number of carbonyl (C=O) groups is 1. The molecule has 0 unspecified atom stereocenters. The van der Waals surface area contributed by atoms with E-state index in [0.29, 0.717) is 6.54 Å². The van der Waals surface area contributed by atoms with Gasteiger partial charge in [0, 0.05) is 18.7 Å². The number of carbonyl (C=O) groups excluding carboxylic acids is 1. The fraction of sp³-hybridized carbons (Fsp3) is 0.375. The monoisotopic (exact) mass is 312 g/mol. The van der Waals surface area contributed by atoms with Gasteiger partial charge < -0.3 is 5.32 Å². The fourth-order valence-electron chi connectivity index (χ4n) is 2.54. The molecule has 0 bridgehead atoms. The summed E-state index contributed by atoms with van der Waals surface area (Å²) in [5.41, 5.74) is 3.06. The van der Waals surface area contributed by atoms with Crippen molar-refractivity contribution in [3.63, 3.8) is 0 Å². The Morgan fingerprint density at radius 2 is 2.13 bits per heavy atom. The lowest BCUT2D eigenvalue weighted by molar-refractivity contribution is -0.122. The van der Waals surface area contributed by atoms with Crippen LogP contribution in [0.15, 0.2) is 42.0 Å². The number of benzene rings is 1. The van der Waals surface area contributed by atoms with Crippen LogP contribution in [0.1, 0.15) is 31.9 Å². The summed E-state index contributed by atoms with van der Waals surface area (Å²) in [4.78, 5) is 16.0. The number of aromatic nitrogens is 3. The van der Waals surface area contributed by atoms with Crippen LogP contribution in [0.2, 0.25) is 0 Å². The van der Waals surface area contributed by atoms with Crippen LogP contribution in [0.3, 0.4) is 0 Å². The van der Waals surface area contributed by atoms with E-state index < -0.39 is 0 Å². The Kier molecular flexibility index (Phi) is 4.36. The van der Waals surface area contributed by atoms with E-state index in [0.717, 1.165) is 29.9 Å². The molecule has 1 aliphatic heterocycles. The normalized spacial score (nSPS) is 15.4. The van der Waals surface area contributed by atoms with Crippen LogP contribution in [-0.4, -0.2) is 44.5 Å². The first kappa shape index (κ1) is 15.2. The molecule has 1 atom stereocenters. The van der Waals surface area contributed by atoms with Crippen LogP contribution in [0.4, 0.5) is 0 Å². The summed E-state index contributed by atoms with van der Waals surface area (Å²) in [5.74, 6) is -0.0173. The first-order valence-corrected chi connectivity index (χ1v) is 7.65. The molecule has 120 valence electrons. The van der Waals surface area contributed by atoms with Crippen LogP contribution >= 0.6 is 0 Å². The Balaban J connectivity index is 1.57. The molecule has 23 heavy (non-hydrogen) atoms. The highest BCUT2D eigenvalue weighted by Gasteiger charge is 2.16. The van der Waals surface area contributed by atoms with Crippen molar-refractivity contribution in [2.75, 3.05) is 13.1 Å². The highest BCUT2D eigenvalue weighted by molar-refractivity contribution is 5.84. The average molecular weight is 312 g/mol. The van der Waals surface area contributed by atoms with Crippen LogP contribution < -0.4 is 5.32 Å². The third-order valence-corrected chi connectivity index (χ3v) is 3.82. The van der Waals surface area contributed by atoms with Gasteiger partial charge in [0.05, 0.1) is 11.7 Å². The van der Waals surface area contributed by atoms with Gasteiger partial charge in [0.1, 0.15) is 19.2 Å². The van der Waals surface area contributed by atoms with E-state index in [-0.39, 0.29) is 11.9 Å². The second-order valence-corrected chi connectivity index (χ2v) is 5.69. The van der Waals surface area contributed by atoms with E-state index >= 15 is 0 Å². The third-order valence-electron chi connectivity index (χ3n) is 3.82. The van der Waals surface area contributed by atoms with E-state index in [1.54, 1.807) is 11.0 Å². The molecule has 0 saturated carbocycles. The number of nitrogens with one attached hydrogen (secondary N) is 1. The Hall–Kier alpha value is -2.70. The van der Waals surface area contributed by atoms with Gasteiger partial charge in [0.2, 0.25) is 5.91 Å². The summed E-state index contributed by atoms with van der Waals surface area (Å²) < 4.78 is 1.70. The highest BCUT2D eigenvalue weighted by atomic mass is 16.2. The number of hydrogen-bond acceptors (Lipinski definition) is 5. The summed E-state index contributed by atoms with van der Waals surface area (Å²) in [6.07, 6.45) is 4.09. The SMILES string of the molecule is CC1=NN(CC(=O)N[C@H](C)c2ccc(-n3cncn3)cc2)CC1. The van der Waals surface area contributed by atoms with Gasteiger partial charge in [-0.15, -0.1) is 0 Å². The van der Waals surface area contributed by atoms with Crippen molar-refractivity contribution in [2.24, 2.45) is 5.10 Å². The van der Waals surface area contributed by atoms with E-state index in [4.69, 9.17) is 0 Å². The van der Waals surface area contributed by atoms with Gasteiger partial charge in [-0.2, -0.15) is 10.2 Å². The Morgan fingerprint density at radius 3 is 2.74 bits per heavy atom. The number of hydrogen-bond donors (Lipinski definition) is 1. The minimum absolute atomic E-state index is 0.0173. The lowest BCUT2D eigenvalue weighted by Gasteiger charge is -2.18. The zero-order chi connectivity index (χ0) is 16.2. The summed E-state index contributed by atoms with van der Waals surface area (Å²) in [6.45, 7) is 5.08. The fourth-order valence-corrected chi connectivity index (χ4v) is 2.54. The molecular formula is C16H20N6O. The van der Waals surface area contributed by atoms with E-state index in [1.807, 2.05) is 43.1 Å². The van der Waals surface area contributed by atoms with E-state index in [2.05, 4.69) is 20.5 Å². The maximum Gasteiger partial charge on any atom is 0.241 e. The van der Waals surface area contributed by atoms with E-state index in [1.165, 1.54) is 6.33 Å². The lowest BCUT2D eigenvalue weighted by Crippen LogP contribution is -2.35. The Bertz CT molecular complexity index is 692. The van der Waals surface area contributed by atoms with Crippen molar-refractivity contribution in [1.82, 2.24) is 25.1 Å². The van der Waals surface area contributed by atoms with Crippen LogP contribution in [0.5, 0.6) is 0 Å². The van der Waals surface area contributed by atoms with Crippen LogP contribution in [0, 0.1) is 0 Å². The number of amides is 1. The molecular weight excluding hydrogens is 292 g/mol. The van der Waals surface area contributed by atoms with Crippen LogP contribution in [-0.2, 0) is 4.79 Å². The van der Waals surface area contributed by atoms with Gasteiger partial charge >= 0.3 is 0 Å². The van der Waals surface area contributed by atoms with Crippen molar-refractivity contribution < 1.29 is 4.79 Å². The highest BCUT2D eigenvalue weighted by Crippen LogP contribution is 2.15. The van der Waals surface area contributed by atoms with Crippen molar-refractivity contribution in [2.45, 2.75) is 26.3 Å². The predicted octanol–water partition coefficient (Wildman–Crippen LogP) is 1.53. The topological polar surface area (TPSA) is 75.4 Å². The molecule has 1 aromatic carbocycles. The Labute approximate surface area is 135 Å². The molecule has 1 amide bonds. The van der Waals surface area contributed by atoms with Gasteiger partial charge in [-0.25, -0.2) is 9.67 Å². The summed E-state index contributed by atoms with van der Waals surface area (Å²) in [6, 6.07) is 7.84. The number of rotatable bonds is 5. The van der Waals surface area contributed by atoms with Crippen molar-refractivity contribution in [3.05, 3.63) is 42.5 Å². The summed E-state index contributed by atoms with van der Waals surface area (Å²) in [5, 5.41) is 13.2. The summed E-state index contributed by atoms with van der Waals surface area (Å²) in [7, 11) is 0. The first-order valence-electron chi connectivity index (χ1n) is 7.65. The van der Waals surface area contributed by atoms with Gasteiger partial charge in [0.15, 0.2) is 0 Å². The molecule has 0 saturated heterocycles. The number of nitrogens with zero attached hydrogens (tertiary/aromatic N) is 5. The van der Waals surface area contributed by atoms with Gasteiger partial charge in [-0.3, -0.25) is 9.80 Å². The zero-order valence-corrected chi connectivity index (χ0v) is 13.3. The second kappa shape index (κ2) is 6.60. The van der Waals surface area contributed by atoms with Crippen molar-refractivity contribution in [1.29, 1.82) is 0 Å². The molecule has 7 heteroatoms. The number of hydrazone groups is 1. The molecule has 0 radical (unpaired) electrons. The Morgan fingerprint density at radius 1 is 1.35 bits per heavy atom. The minimum Gasteiger partial charge on any atom is -0.348 e. The van der Waals surface area contributed by atoms with Gasteiger partial charge in [-0.1, -0.05) is 12.1 Å². The molecule has 1 N–H and O–H groups in total. The molecule has 0 aliphatic carbocycles. The molecule has 0 spiro atoms. The molecule has 3 rings (SSSR count). The summed E-state index contributed by atoms with van der Waals surface area (Å²) >= 11 is 0. The minimum atomic E-state index is -0.0556. The molecule has 7 nitrogen and oxygen atoms in total. The molecule has 1 aromatic heterocycles. The maximum atomic E-state index is 12.1. The average Bonchev–Trinajstić information content (AvgIpc) is 3.19. The molecule has 0 fully saturated rings. The maximum absolute atomic E-state index is 12.1.